The predicted octanol–water partition coefficient (Wildman–Crippen LogP) is 2.20. The Kier molecular flexibility index (Phi) is 4.77. The molecule has 0 aliphatic carbocycles. The van der Waals surface area contributed by atoms with Crippen molar-refractivity contribution in [3.8, 4) is 0 Å². The highest BCUT2D eigenvalue weighted by molar-refractivity contribution is 9.10. The Morgan fingerprint density at radius 2 is 2.06 bits per heavy atom. The number of rotatable bonds is 4. The van der Waals surface area contributed by atoms with Crippen LogP contribution in [0.4, 0.5) is 0 Å². The molecule has 8 heteroatoms. The Balaban J connectivity index is 3.21. The summed E-state index contributed by atoms with van der Waals surface area (Å²) in [6, 6.07) is 2.94. The second-order valence-electron chi connectivity index (χ2n) is 3.61. The molecule has 1 atom stereocenters. The largest absolute Gasteiger partial charge is 0.480 e. The number of carboxylic acids is 1. The van der Waals surface area contributed by atoms with E-state index < -0.39 is 22.0 Å². The lowest BCUT2D eigenvalue weighted by atomic mass is 10.4. The molecule has 0 spiro atoms. The van der Waals surface area contributed by atoms with Crippen molar-refractivity contribution < 1.29 is 18.3 Å². The number of sulfonamides is 1. The van der Waals surface area contributed by atoms with E-state index in [4.69, 9.17) is 16.7 Å². The molecule has 0 heterocycles. The summed E-state index contributed by atoms with van der Waals surface area (Å²) >= 11 is 8.90. The average Bonchev–Trinajstić information content (AvgIpc) is 2.30. The summed E-state index contributed by atoms with van der Waals surface area (Å²) in [4.78, 5) is 10.8. The number of halogens is 2. The lowest BCUT2D eigenvalue weighted by Gasteiger charge is -2.21. The SMILES string of the molecule is CC(C(=O)O)N(C)S(=O)(=O)c1ccc(Cl)c(Br)c1. The minimum Gasteiger partial charge on any atom is -0.480 e. The lowest BCUT2D eigenvalue weighted by Crippen LogP contribution is -2.40. The van der Waals surface area contributed by atoms with Gasteiger partial charge < -0.3 is 5.11 Å². The Morgan fingerprint density at radius 3 is 2.50 bits per heavy atom. The van der Waals surface area contributed by atoms with E-state index in [0.717, 1.165) is 4.31 Å². The van der Waals surface area contributed by atoms with Gasteiger partial charge in [0.1, 0.15) is 6.04 Å². The van der Waals surface area contributed by atoms with Crippen LogP contribution >= 0.6 is 27.5 Å². The maximum absolute atomic E-state index is 12.1. The van der Waals surface area contributed by atoms with Crippen molar-refractivity contribution in [2.75, 3.05) is 7.05 Å². The molecule has 1 rings (SSSR count). The third kappa shape index (κ3) is 3.03. The van der Waals surface area contributed by atoms with E-state index in [1.807, 2.05) is 0 Å². The Labute approximate surface area is 119 Å². The summed E-state index contributed by atoms with van der Waals surface area (Å²) in [7, 11) is -2.64. The minimum atomic E-state index is -3.86. The van der Waals surface area contributed by atoms with Crippen LogP contribution in [0.1, 0.15) is 6.92 Å². The number of likely N-dealkylation sites (N-methyl/N-ethyl adjacent to an activating group) is 1. The van der Waals surface area contributed by atoms with Crippen molar-refractivity contribution in [2.45, 2.75) is 17.9 Å². The van der Waals surface area contributed by atoms with Crippen LogP contribution in [-0.2, 0) is 14.8 Å². The molecule has 0 saturated heterocycles. The molecule has 0 fully saturated rings. The summed E-state index contributed by atoms with van der Waals surface area (Å²) in [5.74, 6) is -1.21. The van der Waals surface area contributed by atoms with E-state index in [2.05, 4.69) is 15.9 Å². The molecule has 0 radical (unpaired) electrons. The first kappa shape index (κ1) is 15.4. The fourth-order valence-electron chi connectivity index (χ4n) is 1.17. The van der Waals surface area contributed by atoms with E-state index in [0.29, 0.717) is 9.50 Å². The first-order chi connectivity index (χ1) is 8.17. The van der Waals surface area contributed by atoms with Gasteiger partial charge in [-0.2, -0.15) is 4.31 Å². The maximum Gasteiger partial charge on any atom is 0.321 e. The van der Waals surface area contributed by atoms with Crippen LogP contribution in [0.15, 0.2) is 27.6 Å². The van der Waals surface area contributed by atoms with Crippen molar-refractivity contribution in [3.63, 3.8) is 0 Å². The lowest BCUT2D eigenvalue weighted by molar-refractivity contribution is -0.140. The highest BCUT2D eigenvalue weighted by atomic mass is 79.9. The number of aliphatic carboxylic acids is 1. The summed E-state index contributed by atoms with van der Waals surface area (Å²) in [5, 5.41) is 9.20. The molecule has 0 amide bonds. The van der Waals surface area contributed by atoms with Gasteiger partial charge in [-0.3, -0.25) is 4.79 Å². The minimum absolute atomic E-state index is 0.0191. The van der Waals surface area contributed by atoms with Crippen LogP contribution in [-0.4, -0.2) is 36.9 Å². The molecule has 0 bridgehead atoms. The topological polar surface area (TPSA) is 74.7 Å². The number of benzene rings is 1. The predicted molar refractivity (Wildman–Crippen MR) is 71.2 cm³/mol. The molecule has 1 N–H and O–H groups in total. The summed E-state index contributed by atoms with van der Waals surface area (Å²) in [6.45, 7) is 1.30. The fraction of sp³-hybridized carbons (Fsp3) is 0.300. The molecule has 0 aromatic heterocycles. The Morgan fingerprint density at radius 1 is 1.50 bits per heavy atom. The number of carboxylic acid groups (broad SMARTS) is 1. The van der Waals surface area contributed by atoms with Crippen LogP contribution in [0.3, 0.4) is 0 Å². The molecule has 1 unspecified atom stereocenters. The first-order valence-corrected chi connectivity index (χ1v) is 7.45. The van der Waals surface area contributed by atoms with Gasteiger partial charge in [-0.05, 0) is 41.1 Å². The van der Waals surface area contributed by atoms with Crippen molar-refractivity contribution >= 4 is 43.5 Å². The van der Waals surface area contributed by atoms with E-state index in [-0.39, 0.29) is 4.90 Å². The van der Waals surface area contributed by atoms with Gasteiger partial charge in [-0.1, -0.05) is 11.6 Å². The van der Waals surface area contributed by atoms with E-state index in [9.17, 15) is 13.2 Å². The number of carbonyl (C=O) groups is 1. The third-order valence-corrected chi connectivity index (χ3v) is 5.61. The van der Waals surface area contributed by atoms with E-state index in [1.54, 1.807) is 0 Å². The number of hydrogen-bond donors (Lipinski definition) is 1. The molecule has 0 saturated carbocycles. The number of hydrogen-bond acceptors (Lipinski definition) is 3. The Bertz CT molecular complexity index is 575. The molecule has 1 aromatic carbocycles. The molecule has 5 nitrogen and oxygen atoms in total. The Hall–Kier alpha value is -0.630. The second kappa shape index (κ2) is 5.56. The summed E-state index contributed by atoms with van der Waals surface area (Å²) < 4.78 is 25.5. The van der Waals surface area contributed by atoms with E-state index in [1.165, 1.54) is 32.2 Å². The zero-order valence-electron chi connectivity index (χ0n) is 9.59. The second-order valence-corrected chi connectivity index (χ2v) is 6.87. The van der Waals surface area contributed by atoms with Crippen molar-refractivity contribution in [3.05, 3.63) is 27.7 Å². The molecule has 0 aliphatic heterocycles. The first-order valence-electron chi connectivity index (χ1n) is 4.84. The molecular formula is C10H11BrClNO4S. The van der Waals surface area contributed by atoms with Gasteiger partial charge in [0.25, 0.3) is 0 Å². The van der Waals surface area contributed by atoms with Gasteiger partial charge in [0, 0.05) is 11.5 Å². The average molecular weight is 357 g/mol. The fourth-order valence-corrected chi connectivity index (χ4v) is 3.16. The summed E-state index contributed by atoms with van der Waals surface area (Å²) in [6.07, 6.45) is 0. The summed E-state index contributed by atoms with van der Waals surface area (Å²) in [5.41, 5.74) is 0. The molecule has 100 valence electrons. The van der Waals surface area contributed by atoms with Crippen LogP contribution < -0.4 is 0 Å². The van der Waals surface area contributed by atoms with Crippen molar-refractivity contribution in [1.29, 1.82) is 0 Å². The maximum atomic E-state index is 12.1. The molecular weight excluding hydrogens is 346 g/mol. The van der Waals surface area contributed by atoms with Crippen LogP contribution in [0, 0.1) is 0 Å². The zero-order valence-corrected chi connectivity index (χ0v) is 12.8. The van der Waals surface area contributed by atoms with Crippen molar-refractivity contribution in [1.82, 2.24) is 4.31 Å². The van der Waals surface area contributed by atoms with Gasteiger partial charge in [0.05, 0.1) is 9.92 Å². The van der Waals surface area contributed by atoms with Gasteiger partial charge in [-0.15, -0.1) is 0 Å². The quantitative estimate of drug-likeness (QED) is 0.897. The zero-order chi connectivity index (χ0) is 14.1. The normalized spacial score (nSPS) is 13.6. The standard InChI is InChI=1S/C10H11BrClNO4S/c1-6(10(14)15)13(2)18(16,17)7-3-4-9(12)8(11)5-7/h3-6H,1-2H3,(H,14,15). The van der Waals surface area contributed by atoms with Gasteiger partial charge in [0.2, 0.25) is 10.0 Å². The molecule has 0 aliphatic rings. The van der Waals surface area contributed by atoms with Crippen molar-refractivity contribution in [2.24, 2.45) is 0 Å². The van der Waals surface area contributed by atoms with E-state index >= 15 is 0 Å². The van der Waals surface area contributed by atoms with Crippen LogP contribution in [0.5, 0.6) is 0 Å². The van der Waals surface area contributed by atoms with Gasteiger partial charge in [-0.25, -0.2) is 8.42 Å². The number of nitrogens with zero attached hydrogens (tertiary/aromatic N) is 1. The van der Waals surface area contributed by atoms with Gasteiger partial charge in [0.15, 0.2) is 0 Å². The van der Waals surface area contributed by atoms with Crippen LogP contribution in [0.25, 0.3) is 0 Å². The highest BCUT2D eigenvalue weighted by Crippen LogP contribution is 2.27. The molecule has 1 aromatic rings. The third-order valence-electron chi connectivity index (χ3n) is 2.47. The molecule has 18 heavy (non-hydrogen) atoms. The monoisotopic (exact) mass is 355 g/mol. The van der Waals surface area contributed by atoms with Crippen LogP contribution in [0.2, 0.25) is 5.02 Å². The highest BCUT2D eigenvalue weighted by Gasteiger charge is 2.29. The van der Waals surface area contributed by atoms with Gasteiger partial charge >= 0.3 is 5.97 Å². The smallest absolute Gasteiger partial charge is 0.321 e.